The molecular weight excluding hydrogens is 305 g/mol. The zero-order valence-electron chi connectivity index (χ0n) is 10.4. The number of thiazole rings is 1. The van der Waals surface area contributed by atoms with E-state index in [9.17, 15) is 4.57 Å². The minimum Gasteiger partial charge on any atom is -0.375 e. The molecule has 0 saturated heterocycles. The maximum absolute atomic E-state index is 10.7. The number of nitrogens with zero attached hydrogens (tertiary/aromatic N) is 1. The van der Waals surface area contributed by atoms with Gasteiger partial charge in [-0.25, -0.2) is 9.55 Å². The minimum atomic E-state index is -3.91. The lowest BCUT2D eigenvalue weighted by Crippen LogP contribution is -2.27. The number of aryl methyl sites for hydroxylation is 1. The van der Waals surface area contributed by atoms with Gasteiger partial charge in [0.1, 0.15) is 0 Å². The Morgan fingerprint density at radius 3 is 3.11 bits per heavy atom. The van der Waals surface area contributed by atoms with Crippen molar-refractivity contribution in [1.29, 1.82) is 0 Å². The van der Waals surface area contributed by atoms with Gasteiger partial charge < -0.3 is 20.8 Å². The van der Waals surface area contributed by atoms with Gasteiger partial charge in [-0.15, -0.1) is 11.3 Å². The molecular formula is C10H18N3O3PS2. The number of nitrogens with two attached hydrogens (primary N) is 1. The fraction of sp³-hybridized carbons (Fsp3) is 0.700. The molecule has 19 heavy (non-hydrogen) atoms. The summed E-state index contributed by atoms with van der Waals surface area (Å²) in [4.78, 5) is 23.1. The minimum absolute atomic E-state index is 0.389. The number of hydrogen-bond acceptors (Lipinski definition) is 6. The van der Waals surface area contributed by atoms with Gasteiger partial charge in [-0.2, -0.15) is 0 Å². The van der Waals surface area contributed by atoms with E-state index in [-0.39, 0.29) is 0 Å². The van der Waals surface area contributed by atoms with Crippen LogP contribution in [0.4, 0.5) is 5.13 Å². The van der Waals surface area contributed by atoms with Crippen molar-refractivity contribution >= 4 is 34.6 Å². The summed E-state index contributed by atoms with van der Waals surface area (Å²) in [6.07, 6.45) is 3.73. The Kier molecular flexibility index (Phi) is 5.28. The van der Waals surface area contributed by atoms with E-state index in [1.807, 2.05) is 0 Å². The number of nitrogens with one attached hydrogen (secondary N) is 1. The Hall–Kier alpha value is -0.110. The molecule has 5 N–H and O–H groups in total. The third-order valence-electron chi connectivity index (χ3n) is 3.03. The molecule has 1 atom stereocenters. The highest BCUT2D eigenvalue weighted by atomic mass is 32.7. The molecule has 0 amide bonds. The fourth-order valence-electron chi connectivity index (χ4n) is 2.14. The Bertz CT molecular complexity index is 451. The van der Waals surface area contributed by atoms with Crippen molar-refractivity contribution in [2.45, 2.75) is 38.3 Å². The van der Waals surface area contributed by atoms with Crippen LogP contribution < -0.4 is 11.1 Å². The van der Waals surface area contributed by atoms with E-state index in [1.54, 1.807) is 11.3 Å². The maximum Gasteiger partial charge on any atom is 0.383 e. The lowest BCUT2D eigenvalue weighted by Gasteiger charge is -2.15. The quantitative estimate of drug-likeness (QED) is 0.483. The average molecular weight is 323 g/mol. The van der Waals surface area contributed by atoms with Crippen molar-refractivity contribution in [1.82, 2.24) is 10.3 Å². The fourth-order valence-corrected chi connectivity index (χ4v) is 4.64. The Morgan fingerprint density at radius 1 is 1.58 bits per heavy atom. The third kappa shape index (κ3) is 5.06. The van der Waals surface area contributed by atoms with Gasteiger partial charge in [0.2, 0.25) is 0 Å². The lowest BCUT2D eigenvalue weighted by molar-refractivity contribution is 0.396. The molecule has 1 aromatic rings. The van der Waals surface area contributed by atoms with Gasteiger partial charge in [-0.3, -0.25) is 0 Å². The molecule has 1 aromatic heterocycles. The Morgan fingerprint density at radius 2 is 2.37 bits per heavy atom. The topological polar surface area (TPSA) is 108 Å². The van der Waals surface area contributed by atoms with E-state index < -0.39 is 6.80 Å². The largest absolute Gasteiger partial charge is 0.383 e. The molecule has 108 valence electrons. The molecule has 1 unspecified atom stereocenters. The molecule has 0 radical (unpaired) electrons. The standard InChI is InChI=1S/C10H18N3O3PS2/c11-10-13-8-6-12-7(3-4-9(8)19-10)2-1-5-18-17(14,15)16/h7,12H,1-6H2,(H2,11,13)(H2,14,15,16). The Labute approximate surface area is 120 Å². The zero-order valence-corrected chi connectivity index (χ0v) is 12.9. The molecule has 1 aliphatic heterocycles. The number of rotatable bonds is 5. The van der Waals surface area contributed by atoms with Crippen LogP contribution in [-0.4, -0.2) is 26.6 Å². The number of aromatic nitrogens is 1. The molecule has 0 fully saturated rings. The van der Waals surface area contributed by atoms with Gasteiger partial charge in [0.25, 0.3) is 0 Å². The first-order chi connectivity index (χ1) is 8.94. The number of anilines is 1. The zero-order chi connectivity index (χ0) is 13.9. The van der Waals surface area contributed by atoms with Crippen molar-refractivity contribution in [2.75, 3.05) is 11.5 Å². The van der Waals surface area contributed by atoms with Crippen LogP contribution in [0.1, 0.15) is 29.8 Å². The number of nitrogen functional groups attached to an aromatic ring is 1. The molecule has 0 aliphatic carbocycles. The van der Waals surface area contributed by atoms with Gasteiger partial charge >= 0.3 is 6.80 Å². The van der Waals surface area contributed by atoms with Crippen molar-refractivity contribution in [3.63, 3.8) is 0 Å². The number of hydrogen-bond donors (Lipinski definition) is 4. The van der Waals surface area contributed by atoms with Gasteiger partial charge in [0.05, 0.1) is 5.69 Å². The maximum atomic E-state index is 10.7. The van der Waals surface area contributed by atoms with Crippen molar-refractivity contribution in [3.05, 3.63) is 10.6 Å². The van der Waals surface area contributed by atoms with Crippen LogP contribution in [0.25, 0.3) is 0 Å². The first-order valence-corrected chi connectivity index (χ1v) is 10.1. The first-order valence-electron chi connectivity index (χ1n) is 6.11. The predicted octanol–water partition coefficient (Wildman–Crippen LogP) is 1.74. The van der Waals surface area contributed by atoms with Crippen LogP contribution in [0, 0.1) is 0 Å². The smallest absolute Gasteiger partial charge is 0.375 e. The molecule has 0 aromatic carbocycles. The summed E-state index contributed by atoms with van der Waals surface area (Å²) < 4.78 is 10.7. The number of fused-ring (bicyclic) bond motifs is 1. The SMILES string of the molecule is Nc1nc2c(s1)CCC(CCCSP(=O)(O)O)NC2. The van der Waals surface area contributed by atoms with Gasteiger partial charge in [0.15, 0.2) is 5.13 Å². The normalized spacial score (nSPS) is 20.0. The highest BCUT2D eigenvalue weighted by molar-refractivity contribution is 8.54. The van der Waals surface area contributed by atoms with E-state index >= 15 is 0 Å². The molecule has 9 heteroatoms. The van der Waals surface area contributed by atoms with Gasteiger partial charge in [-0.05, 0) is 37.1 Å². The van der Waals surface area contributed by atoms with Crippen molar-refractivity contribution in [3.8, 4) is 0 Å². The van der Waals surface area contributed by atoms with E-state index in [1.165, 1.54) is 4.88 Å². The second kappa shape index (κ2) is 6.56. The van der Waals surface area contributed by atoms with Crippen LogP contribution in [0.5, 0.6) is 0 Å². The molecule has 2 rings (SSSR count). The van der Waals surface area contributed by atoms with E-state index in [0.717, 1.165) is 49.3 Å². The predicted molar refractivity (Wildman–Crippen MR) is 79.2 cm³/mol. The Balaban J connectivity index is 1.73. The summed E-state index contributed by atoms with van der Waals surface area (Å²) in [5, 5.41) is 4.06. The molecule has 2 heterocycles. The summed E-state index contributed by atoms with van der Waals surface area (Å²) in [5.74, 6) is 0.495. The average Bonchev–Trinajstić information content (AvgIpc) is 2.56. The third-order valence-corrected chi connectivity index (χ3v) is 6.38. The van der Waals surface area contributed by atoms with E-state index in [4.69, 9.17) is 15.5 Å². The van der Waals surface area contributed by atoms with E-state index in [0.29, 0.717) is 16.9 Å². The van der Waals surface area contributed by atoms with Crippen molar-refractivity contribution < 1.29 is 14.4 Å². The summed E-state index contributed by atoms with van der Waals surface area (Å²) in [7, 11) is 0. The molecule has 6 nitrogen and oxygen atoms in total. The summed E-state index contributed by atoms with van der Waals surface area (Å²) in [6.45, 7) is -3.18. The second-order valence-electron chi connectivity index (χ2n) is 4.50. The summed E-state index contributed by atoms with van der Waals surface area (Å²) in [5.41, 5.74) is 6.74. The molecule has 0 saturated carbocycles. The van der Waals surface area contributed by atoms with Gasteiger partial charge in [-0.1, -0.05) is 0 Å². The summed E-state index contributed by atoms with van der Waals surface area (Å²) in [6, 6.07) is 0.389. The second-order valence-corrected chi connectivity index (χ2v) is 9.47. The summed E-state index contributed by atoms with van der Waals surface area (Å²) >= 11 is 2.29. The van der Waals surface area contributed by atoms with Crippen LogP contribution in [0.15, 0.2) is 0 Å². The van der Waals surface area contributed by atoms with Crippen LogP contribution in [-0.2, 0) is 17.5 Å². The molecule has 1 aliphatic rings. The van der Waals surface area contributed by atoms with Crippen LogP contribution in [0.3, 0.4) is 0 Å². The highest BCUT2D eigenvalue weighted by Crippen LogP contribution is 2.50. The van der Waals surface area contributed by atoms with Crippen LogP contribution in [0.2, 0.25) is 0 Å². The van der Waals surface area contributed by atoms with Gasteiger partial charge in [0, 0.05) is 23.2 Å². The van der Waals surface area contributed by atoms with Crippen LogP contribution >= 0.6 is 29.5 Å². The van der Waals surface area contributed by atoms with E-state index in [2.05, 4.69) is 10.3 Å². The molecule has 0 spiro atoms. The lowest BCUT2D eigenvalue weighted by atomic mass is 10.1. The molecule has 0 bridgehead atoms. The van der Waals surface area contributed by atoms with Crippen molar-refractivity contribution in [2.24, 2.45) is 0 Å². The highest BCUT2D eigenvalue weighted by Gasteiger charge is 2.19. The monoisotopic (exact) mass is 323 g/mol. The first kappa shape index (κ1) is 15.3.